The van der Waals surface area contributed by atoms with Crippen molar-refractivity contribution in [2.24, 2.45) is 0 Å². The minimum absolute atomic E-state index is 0.145. The summed E-state index contributed by atoms with van der Waals surface area (Å²) in [7, 11) is 0. The highest BCUT2D eigenvalue weighted by Crippen LogP contribution is 2.22. The SMILES string of the molecule is CCN(c1ccc([N+](=O)[O-])cc1)C1CNC1. The Balaban J connectivity index is 2.15. The van der Waals surface area contributed by atoms with Gasteiger partial charge < -0.3 is 10.2 Å². The number of hydrogen-bond acceptors (Lipinski definition) is 4. The molecule has 2 rings (SSSR count). The van der Waals surface area contributed by atoms with Crippen LogP contribution in [0.1, 0.15) is 6.92 Å². The molecule has 1 saturated heterocycles. The van der Waals surface area contributed by atoms with E-state index in [1.807, 2.05) is 12.1 Å². The number of nitrogens with one attached hydrogen (secondary N) is 1. The highest BCUT2D eigenvalue weighted by Gasteiger charge is 2.23. The van der Waals surface area contributed by atoms with Crippen LogP contribution in [0.2, 0.25) is 0 Å². The molecule has 5 heteroatoms. The van der Waals surface area contributed by atoms with Crippen LogP contribution in [0.25, 0.3) is 0 Å². The number of non-ortho nitro benzene ring substituents is 1. The van der Waals surface area contributed by atoms with Crippen molar-refractivity contribution in [3.05, 3.63) is 34.4 Å². The third-order valence-electron chi connectivity index (χ3n) is 2.93. The normalized spacial score (nSPS) is 15.6. The molecule has 0 amide bonds. The lowest BCUT2D eigenvalue weighted by Crippen LogP contribution is -2.57. The molecule has 0 aromatic heterocycles. The molecule has 0 saturated carbocycles. The van der Waals surface area contributed by atoms with Crippen LogP contribution in [0.15, 0.2) is 24.3 Å². The molecule has 1 aromatic carbocycles. The van der Waals surface area contributed by atoms with Crippen molar-refractivity contribution in [1.29, 1.82) is 0 Å². The Morgan fingerprint density at radius 3 is 2.44 bits per heavy atom. The number of hydrogen-bond donors (Lipinski definition) is 1. The molecule has 0 radical (unpaired) electrons. The van der Waals surface area contributed by atoms with E-state index in [4.69, 9.17) is 0 Å². The molecule has 1 heterocycles. The van der Waals surface area contributed by atoms with E-state index >= 15 is 0 Å². The van der Waals surface area contributed by atoms with Gasteiger partial charge in [-0.15, -0.1) is 0 Å². The predicted molar refractivity (Wildman–Crippen MR) is 62.8 cm³/mol. The largest absolute Gasteiger partial charge is 0.366 e. The van der Waals surface area contributed by atoms with Gasteiger partial charge in [0.2, 0.25) is 0 Å². The first-order valence-electron chi connectivity index (χ1n) is 5.44. The first-order valence-corrected chi connectivity index (χ1v) is 5.44. The maximum atomic E-state index is 10.5. The van der Waals surface area contributed by atoms with E-state index in [1.165, 1.54) is 0 Å². The van der Waals surface area contributed by atoms with E-state index in [0.717, 1.165) is 25.3 Å². The van der Waals surface area contributed by atoms with Crippen LogP contribution in [0, 0.1) is 10.1 Å². The Kier molecular flexibility index (Phi) is 3.05. The van der Waals surface area contributed by atoms with Gasteiger partial charge in [-0.25, -0.2) is 0 Å². The first-order chi connectivity index (χ1) is 7.72. The average Bonchev–Trinajstić information content (AvgIpc) is 2.23. The molecule has 16 heavy (non-hydrogen) atoms. The maximum Gasteiger partial charge on any atom is 0.269 e. The smallest absolute Gasteiger partial charge is 0.269 e. The highest BCUT2D eigenvalue weighted by atomic mass is 16.6. The van der Waals surface area contributed by atoms with Gasteiger partial charge in [0, 0.05) is 37.5 Å². The summed E-state index contributed by atoms with van der Waals surface area (Å²) in [6, 6.07) is 7.28. The van der Waals surface area contributed by atoms with Crippen LogP contribution in [0.5, 0.6) is 0 Å². The molecule has 0 aliphatic carbocycles. The van der Waals surface area contributed by atoms with Gasteiger partial charge >= 0.3 is 0 Å². The molecule has 86 valence electrons. The van der Waals surface area contributed by atoms with E-state index in [1.54, 1.807) is 12.1 Å². The Morgan fingerprint density at radius 2 is 2.06 bits per heavy atom. The summed E-state index contributed by atoms with van der Waals surface area (Å²) in [5.41, 5.74) is 1.20. The van der Waals surface area contributed by atoms with Gasteiger partial charge in [-0.1, -0.05) is 0 Å². The zero-order valence-electron chi connectivity index (χ0n) is 9.22. The fourth-order valence-corrected chi connectivity index (χ4v) is 1.91. The summed E-state index contributed by atoms with van der Waals surface area (Å²) in [6.45, 7) is 5.00. The zero-order chi connectivity index (χ0) is 11.5. The lowest BCUT2D eigenvalue weighted by molar-refractivity contribution is -0.384. The maximum absolute atomic E-state index is 10.5. The number of likely N-dealkylation sites (N-methyl/N-ethyl adjacent to an activating group) is 1. The van der Waals surface area contributed by atoms with Crippen molar-refractivity contribution in [3.63, 3.8) is 0 Å². The Labute approximate surface area is 94.2 Å². The molecule has 1 fully saturated rings. The van der Waals surface area contributed by atoms with Gasteiger partial charge in [0.25, 0.3) is 5.69 Å². The number of anilines is 1. The summed E-state index contributed by atoms with van der Waals surface area (Å²) < 4.78 is 0. The van der Waals surface area contributed by atoms with Gasteiger partial charge in [-0.2, -0.15) is 0 Å². The molecule has 0 unspecified atom stereocenters. The van der Waals surface area contributed by atoms with Crippen molar-refractivity contribution in [3.8, 4) is 0 Å². The summed E-state index contributed by atoms with van der Waals surface area (Å²) in [5.74, 6) is 0. The van der Waals surface area contributed by atoms with Gasteiger partial charge in [0.1, 0.15) is 0 Å². The predicted octanol–water partition coefficient (Wildman–Crippen LogP) is 1.39. The quantitative estimate of drug-likeness (QED) is 0.616. The van der Waals surface area contributed by atoms with Gasteiger partial charge in [-0.05, 0) is 19.1 Å². The average molecular weight is 221 g/mol. The molecule has 0 spiro atoms. The molecule has 1 N–H and O–H groups in total. The van der Waals surface area contributed by atoms with Crippen molar-refractivity contribution in [2.75, 3.05) is 24.5 Å². The van der Waals surface area contributed by atoms with Crippen LogP contribution in [0.3, 0.4) is 0 Å². The van der Waals surface area contributed by atoms with Crippen molar-refractivity contribution in [2.45, 2.75) is 13.0 Å². The standard InChI is InChI=1S/C11H15N3O2/c1-2-13(11-7-12-8-11)9-3-5-10(6-4-9)14(15)16/h3-6,11-12H,2,7-8H2,1H3. The third kappa shape index (κ3) is 1.99. The van der Waals surface area contributed by atoms with E-state index in [9.17, 15) is 10.1 Å². The number of nitro benzene ring substituents is 1. The lowest BCUT2D eigenvalue weighted by atomic mass is 10.1. The van der Waals surface area contributed by atoms with Crippen LogP contribution in [0.4, 0.5) is 11.4 Å². The zero-order valence-corrected chi connectivity index (χ0v) is 9.22. The summed E-state index contributed by atoms with van der Waals surface area (Å²) >= 11 is 0. The fourth-order valence-electron chi connectivity index (χ4n) is 1.91. The Hall–Kier alpha value is -1.62. The van der Waals surface area contributed by atoms with Crippen LogP contribution >= 0.6 is 0 Å². The van der Waals surface area contributed by atoms with E-state index in [2.05, 4.69) is 17.1 Å². The molecule has 1 aliphatic rings. The summed E-state index contributed by atoms with van der Waals surface area (Å²) in [5, 5.41) is 13.8. The van der Waals surface area contributed by atoms with E-state index in [0.29, 0.717) is 6.04 Å². The second-order valence-electron chi connectivity index (χ2n) is 3.87. The number of rotatable bonds is 4. The molecular formula is C11H15N3O2. The van der Waals surface area contributed by atoms with Gasteiger partial charge in [-0.3, -0.25) is 10.1 Å². The first kappa shape index (κ1) is 10.9. The minimum Gasteiger partial charge on any atom is -0.366 e. The molecule has 0 atom stereocenters. The minimum atomic E-state index is -0.370. The van der Waals surface area contributed by atoms with Crippen LogP contribution in [-0.4, -0.2) is 30.6 Å². The molecule has 1 aromatic rings. The number of nitrogens with zero attached hydrogens (tertiary/aromatic N) is 2. The monoisotopic (exact) mass is 221 g/mol. The summed E-state index contributed by atoms with van der Waals surface area (Å²) in [4.78, 5) is 12.4. The Morgan fingerprint density at radius 1 is 1.44 bits per heavy atom. The van der Waals surface area contributed by atoms with Crippen molar-refractivity contribution in [1.82, 2.24) is 5.32 Å². The van der Waals surface area contributed by atoms with Crippen LogP contribution < -0.4 is 10.2 Å². The second-order valence-corrected chi connectivity index (χ2v) is 3.87. The molecule has 1 aliphatic heterocycles. The fraction of sp³-hybridized carbons (Fsp3) is 0.455. The van der Waals surface area contributed by atoms with Crippen molar-refractivity contribution < 1.29 is 4.92 Å². The number of benzene rings is 1. The molecule has 5 nitrogen and oxygen atoms in total. The lowest BCUT2D eigenvalue weighted by Gasteiger charge is -2.39. The second kappa shape index (κ2) is 4.49. The van der Waals surface area contributed by atoms with Crippen LogP contribution in [-0.2, 0) is 0 Å². The highest BCUT2D eigenvalue weighted by molar-refractivity contribution is 5.52. The molecule has 0 bridgehead atoms. The Bertz CT molecular complexity index is 373. The van der Waals surface area contributed by atoms with E-state index in [-0.39, 0.29) is 10.6 Å². The summed E-state index contributed by atoms with van der Waals surface area (Å²) in [6.07, 6.45) is 0. The molecular weight excluding hydrogens is 206 g/mol. The van der Waals surface area contributed by atoms with Gasteiger partial charge in [0.05, 0.1) is 11.0 Å². The van der Waals surface area contributed by atoms with E-state index < -0.39 is 0 Å². The van der Waals surface area contributed by atoms with Crippen molar-refractivity contribution >= 4 is 11.4 Å². The topological polar surface area (TPSA) is 58.4 Å². The third-order valence-corrected chi connectivity index (χ3v) is 2.93. The number of nitro groups is 1. The van der Waals surface area contributed by atoms with Gasteiger partial charge in [0.15, 0.2) is 0 Å².